The molecule has 2 heterocycles. The molecule has 4 aromatic rings. The molecule has 2 saturated heterocycles. The van der Waals surface area contributed by atoms with E-state index >= 15 is 4.79 Å². The first kappa shape index (κ1) is 75.1. The average Bonchev–Trinajstić information content (AvgIpc) is 0.863. The van der Waals surface area contributed by atoms with Crippen LogP contribution in [0.3, 0.4) is 0 Å². The number of hydrogen-bond acceptors (Lipinski definition) is 23. The summed E-state index contributed by atoms with van der Waals surface area (Å²) in [5.41, 5.74) is 11.6. The van der Waals surface area contributed by atoms with Gasteiger partial charge in [-0.3, -0.25) is 43.2 Å². The molecule has 0 bridgehead atoms. The van der Waals surface area contributed by atoms with Crippen molar-refractivity contribution in [1.29, 1.82) is 0 Å². The Morgan fingerprint density at radius 1 is 0.583 bits per heavy atom. The van der Waals surface area contributed by atoms with Crippen molar-refractivity contribution in [2.24, 2.45) is 11.5 Å². The molecule has 2 aliphatic rings. The number of likely N-dealkylation sites (tertiary alicyclic amines) is 1. The SMILES string of the molecule is CC(=O)NCSC[C@H](NC(=O)[C@@H]1CCCN1C(=O)[C@H](CC(N)=O)NC(=O)[C@H](CO[C@@H]1O[C@H](COC(=O)c2ccccc2)[C@@H](OC(=O)c2ccccc2)[C@H](OC(=O)c2ccccc2)[C@H]1OC(=O)c1ccccc1)NC(=O)[C@H](CCC(=O)O)NC(=O)[C@@H](N)CSCNC(C)=O)C(=O)O. The van der Waals surface area contributed by atoms with Gasteiger partial charge in [0.1, 0.15) is 42.9 Å². The summed E-state index contributed by atoms with van der Waals surface area (Å²) >= 11 is 1.99. The maximum atomic E-state index is 15.1. The summed E-state index contributed by atoms with van der Waals surface area (Å²) in [6.45, 7) is 0.289. The number of benzene rings is 4. The molecule has 0 aromatic heterocycles. The summed E-state index contributed by atoms with van der Waals surface area (Å²) in [4.78, 5) is 190. The monoisotopic (exact) mass is 1370 g/mol. The van der Waals surface area contributed by atoms with Crippen molar-refractivity contribution in [2.45, 2.75) is 113 Å². The van der Waals surface area contributed by atoms with Crippen molar-refractivity contribution in [3.05, 3.63) is 144 Å². The Labute approximate surface area is 557 Å². The Morgan fingerprint density at radius 2 is 1.05 bits per heavy atom. The number of amides is 8. The van der Waals surface area contributed by atoms with Gasteiger partial charge in [0, 0.05) is 38.3 Å². The van der Waals surface area contributed by atoms with Gasteiger partial charge in [0.25, 0.3) is 0 Å². The largest absolute Gasteiger partial charge is 0.481 e. The van der Waals surface area contributed by atoms with E-state index in [1.165, 1.54) is 98.8 Å². The van der Waals surface area contributed by atoms with Crippen molar-refractivity contribution in [3.8, 4) is 0 Å². The summed E-state index contributed by atoms with van der Waals surface area (Å²) in [5.74, 6) is -15.2. The summed E-state index contributed by atoms with van der Waals surface area (Å²) in [6, 6.07) is 19.2. The molecule has 6 rings (SSSR count). The van der Waals surface area contributed by atoms with Crippen LogP contribution in [0.1, 0.15) is 87.4 Å². The van der Waals surface area contributed by atoms with Gasteiger partial charge in [-0.1, -0.05) is 72.8 Å². The van der Waals surface area contributed by atoms with Crippen molar-refractivity contribution >= 4 is 107 Å². The number of hydrogen-bond donors (Lipinski definition) is 10. The number of nitrogens with two attached hydrogens (primary N) is 2. The normalized spacial score (nSPS) is 18.8. The third kappa shape index (κ3) is 23.5. The first-order valence-electron chi connectivity index (χ1n) is 29.8. The van der Waals surface area contributed by atoms with Crippen LogP contribution in [0.25, 0.3) is 0 Å². The van der Waals surface area contributed by atoms with Crippen LogP contribution >= 0.6 is 23.5 Å². The maximum absolute atomic E-state index is 15.1. The molecule has 0 radical (unpaired) electrons. The molecule has 0 saturated carbocycles. The van der Waals surface area contributed by atoms with Crippen LogP contribution in [0.4, 0.5) is 0 Å². The van der Waals surface area contributed by atoms with Crippen molar-refractivity contribution < 1.29 is 106 Å². The van der Waals surface area contributed by atoms with Crippen LogP contribution in [0, 0.1) is 0 Å². The Kier molecular flexibility index (Phi) is 29.6. The number of carbonyl (C=O) groups is 14. The van der Waals surface area contributed by atoms with Crippen LogP contribution in [-0.4, -0.2) is 208 Å². The predicted molar refractivity (Wildman–Crippen MR) is 339 cm³/mol. The van der Waals surface area contributed by atoms with Crippen molar-refractivity contribution in [3.63, 3.8) is 0 Å². The highest BCUT2D eigenvalue weighted by Crippen LogP contribution is 2.32. The first-order valence-corrected chi connectivity index (χ1v) is 32.1. The number of aliphatic carboxylic acids is 2. The topological polar surface area (TPSA) is 462 Å². The molecular formula is C63H73N9O22S2. The lowest BCUT2D eigenvalue weighted by Crippen LogP contribution is -2.64. The van der Waals surface area contributed by atoms with E-state index in [2.05, 4.69) is 31.9 Å². The van der Waals surface area contributed by atoms with Crippen LogP contribution in [0.5, 0.6) is 0 Å². The number of carboxylic acids is 2. The second-order valence-corrected chi connectivity index (χ2v) is 23.6. The smallest absolute Gasteiger partial charge is 0.338 e. The fraction of sp³-hybridized carbons (Fsp3) is 0.397. The number of nitrogens with one attached hydrogen (secondary N) is 6. The zero-order chi connectivity index (χ0) is 69.8. The van der Waals surface area contributed by atoms with E-state index < -0.39 is 177 Å². The van der Waals surface area contributed by atoms with Crippen molar-refractivity contribution in [1.82, 2.24) is 36.8 Å². The van der Waals surface area contributed by atoms with Gasteiger partial charge in [-0.25, -0.2) is 24.0 Å². The van der Waals surface area contributed by atoms with Gasteiger partial charge in [0.15, 0.2) is 24.6 Å². The lowest BCUT2D eigenvalue weighted by atomic mass is 9.97. The standard InChI is InChI=1S/C63H73N9O22S2/c1-35(73)66-33-95-31-41(64)53(78)68-42(25-26-49(76)77)54(79)70-44(55(80)69-43(28-48(65)75)57(82)72-27-15-24-46(72)56(81)71-45(58(83)84)32-96-34-67-36(2)74)29-90-63-52(94-62(88)40-22-13-6-14-23-40)51(93-61(87)39-20-11-5-12-21-39)50(92-60(86)38-18-9-4-10-19-38)47(91-63)30-89-59(85)37-16-7-3-8-17-37/h3-14,16-23,41-47,50-52,63H,15,24-34,64H2,1-2H3,(H2,65,75)(H,66,73)(H,67,74)(H,68,78)(H,69,80)(H,70,79)(H,71,81)(H,76,77)(H,83,84)/t41-,42-,43-,44-,45-,46-,47+,50+,51-,52+,63+/m0/s1. The highest BCUT2D eigenvalue weighted by Gasteiger charge is 2.54. The molecule has 11 atom stereocenters. The van der Waals surface area contributed by atoms with E-state index in [1.807, 2.05) is 0 Å². The average molecular weight is 1370 g/mol. The van der Waals surface area contributed by atoms with Gasteiger partial charge in [0.2, 0.25) is 47.3 Å². The molecule has 96 heavy (non-hydrogen) atoms. The van der Waals surface area contributed by atoms with E-state index in [0.29, 0.717) is 0 Å². The third-order valence-corrected chi connectivity index (χ3v) is 16.2. The number of carboxylic acid groups (broad SMARTS) is 2. The van der Waals surface area contributed by atoms with E-state index in [0.717, 1.165) is 28.4 Å². The van der Waals surface area contributed by atoms with Gasteiger partial charge in [0.05, 0.1) is 53.1 Å². The molecule has 2 fully saturated rings. The fourth-order valence-electron chi connectivity index (χ4n) is 9.49. The molecule has 33 heteroatoms. The Hall–Kier alpha value is -9.96. The summed E-state index contributed by atoms with van der Waals surface area (Å²) in [6.07, 6.45) is -12.2. The maximum Gasteiger partial charge on any atom is 0.338 e. The van der Waals surface area contributed by atoms with Gasteiger partial charge in [-0.15, -0.1) is 23.5 Å². The van der Waals surface area contributed by atoms with E-state index in [1.54, 1.807) is 36.4 Å². The number of thioether (sulfide) groups is 2. The van der Waals surface area contributed by atoms with Gasteiger partial charge < -0.3 is 86.9 Å². The minimum atomic E-state index is -2.20. The quantitative estimate of drug-likeness (QED) is 0.0125. The molecule has 2 aliphatic heterocycles. The molecule has 12 N–H and O–H groups in total. The second-order valence-electron chi connectivity index (χ2n) is 21.5. The van der Waals surface area contributed by atoms with E-state index in [4.69, 9.17) is 39.9 Å². The number of esters is 4. The summed E-state index contributed by atoms with van der Waals surface area (Å²) in [5, 5.41) is 34.2. The molecule has 514 valence electrons. The summed E-state index contributed by atoms with van der Waals surface area (Å²) < 4.78 is 36.9. The molecule has 0 unspecified atom stereocenters. The predicted octanol–water partition coefficient (Wildman–Crippen LogP) is -0.00240. The Balaban J connectivity index is 1.43. The second kappa shape index (κ2) is 37.8. The molecule has 31 nitrogen and oxygen atoms in total. The van der Waals surface area contributed by atoms with Gasteiger partial charge in [-0.05, 0) is 67.8 Å². The van der Waals surface area contributed by atoms with E-state index in [-0.39, 0.29) is 70.8 Å². The van der Waals surface area contributed by atoms with Gasteiger partial charge in [-0.2, -0.15) is 0 Å². The highest BCUT2D eigenvalue weighted by molar-refractivity contribution is 7.99. The number of rotatable bonds is 35. The first-order chi connectivity index (χ1) is 45.9. The van der Waals surface area contributed by atoms with Gasteiger partial charge >= 0.3 is 35.8 Å². The van der Waals surface area contributed by atoms with Crippen LogP contribution < -0.4 is 43.4 Å². The molecule has 8 amide bonds. The lowest BCUT2D eigenvalue weighted by Gasteiger charge is -2.44. The van der Waals surface area contributed by atoms with Crippen LogP contribution in [0.15, 0.2) is 121 Å². The highest BCUT2D eigenvalue weighted by atomic mass is 32.2. The number of carbonyl (C=O) groups excluding carboxylic acids is 12. The fourth-order valence-corrected chi connectivity index (χ4v) is 11.2. The Bertz CT molecular complexity index is 3400. The Morgan fingerprint density at radius 3 is 1.55 bits per heavy atom. The zero-order valence-corrected chi connectivity index (χ0v) is 53.5. The number of ether oxygens (including phenoxy) is 6. The number of primary amides is 1. The molecule has 4 aromatic carbocycles. The summed E-state index contributed by atoms with van der Waals surface area (Å²) in [7, 11) is 0. The zero-order valence-electron chi connectivity index (χ0n) is 51.9. The van der Waals surface area contributed by atoms with E-state index in [9.17, 15) is 72.5 Å². The van der Waals surface area contributed by atoms with Crippen molar-refractivity contribution in [2.75, 3.05) is 43.0 Å². The molecule has 0 spiro atoms. The molecule has 0 aliphatic carbocycles. The lowest BCUT2D eigenvalue weighted by molar-refractivity contribution is -0.299. The minimum absolute atomic E-state index is 0.00253. The third-order valence-electron chi connectivity index (χ3n) is 14.3. The molecular weight excluding hydrogens is 1300 g/mol. The van der Waals surface area contributed by atoms with Crippen LogP contribution in [0.2, 0.25) is 0 Å². The van der Waals surface area contributed by atoms with Crippen LogP contribution in [-0.2, 0) is 76.4 Å². The minimum Gasteiger partial charge on any atom is -0.481 e. The number of nitrogens with zero attached hydrogens (tertiary/aromatic N) is 1.